The van der Waals surface area contributed by atoms with Gasteiger partial charge in [0.25, 0.3) is 5.91 Å². The van der Waals surface area contributed by atoms with E-state index in [0.29, 0.717) is 31.7 Å². The first-order chi connectivity index (χ1) is 9.61. The molecule has 1 aromatic rings. The molecule has 2 rings (SSSR count). The van der Waals surface area contributed by atoms with Crippen LogP contribution in [0.2, 0.25) is 0 Å². The minimum absolute atomic E-state index is 0.188. The van der Waals surface area contributed by atoms with E-state index in [-0.39, 0.29) is 11.7 Å². The molecule has 1 saturated heterocycles. The number of rotatable bonds is 3. The summed E-state index contributed by atoms with van der Waals surface area (Å²) in [6.07, 6.45) is 0.786. The van der Waals surface area contributed by atoms with Crippen LogP contribution in [0.5, 0.6) is 5.75 Å². The molecule has 1 heterocycles. The molecule has 0 unspecified atom stereocenters. The quantitative estimate of drug-likeness (QED) is 0.459. The van der Waals surface area contributed by atoms with Gasteiger partial charge in [-0.2, -0.15) is 0 Å². The van der Waals surface area contributed by atoms with Crippen molar-refractivity contribution in [3.05, 3.63) is 29.8 Å². The fourth-order valence-electron chi connectivity index (χ4n) is 2.09. The van der Waals surface area contributed by atoms with Crippen molar-refractivity contribution >= 4 is 18.3 Å². The van der Waals surface area contributed by atoms with Crippen molar-refractivity contribution < 1.29 is 19.1 Å². The summed E-state index contributed by atoms with van der Waals surface area (Å²) >= 11 is 0. The Kier molecular flexibility index (Phi) is 4.34. The average molecular weight is 276 g/mol. The van der Waals surface area contributed by atoms with Crippen molar-refractivity contribution in [1.82, 2.24) is 9.80 Å². The van der Waals surface area contributed by atoms with Gasteiger partial charge in [-0.15, -0.1) is 0 Å². The highest BCUT2D eigenvalue weighted by molar-refractivity contribution is 5.97. The maximum absolute atomic E-state index is 12.4. The Bertz CT molecular complexity index is 522. The molecule has 106 valence electrons. The predicted molar refractivity (Wildman–Crippen MR) is 71.3 cm³/mol. The number of hydrogen-bond acceptors (Lipinski definition) is 4. The summed E-state index contributed by atoms with van der Waals surface area (Å²) in [5.41, 5.74) is 0.363. The Morgan fingerprint density at radius 1 is 1.15 bits per heavy atom. The second-order valence-corrected chi connectivity index (χ2v) is 4.52. The van der Waals surface area contributed by atoms with E-state index in [9.17, 15) is 14.4 Å². The molecule has 6 heteroatoms. The Labute approximate surface area is 116 Å². The molecular formula is C14H16N2O4. The van der Waals surface area contributed by atoms with Gasteiger partial charge in [0.1, 0.15) is 5.75 Å². The zero-order valence-corrected chi connectivity index (χ0v) is 11.2. The van der Waals surface area contributed by atoms with Crippen LogP contribution in [0.3, 0.4) is 0 Å². The third-order valence-electron chi connectivity index (χ3n) is 3.12. The fourth-order valence-corrected chi connectivity index (χ4v) is 2.09. The number of amides is 2. The van der Waals surface area contributed by atoms with Crippen molar-refractivity contribution in [3.8, 4) is 5.75 Å². The van der Waals surface area contributed by atoms with Gasteiger partial charge in [0.2, 0.25) is 6.41 Å². The number of carbonyl (C=O) groups excluding carboxylic acids is 3. The van der Waals surface area contributed by atoms with Crippen LogP contribution in [-0.4, -0.2) is 54.3 Å². The van der Waals surface area contributed by atoms with E-state index in [1.165, 1.54) is 6.92 Å². The summed E-state index contributed by atoms with van der Waals surface area (Å²) in [4.78, 5) is 37.4. The van der Waals surface area contributed by atoms with Gasteiger partial charge in [-0.05, 0) is 12.1 Å². The highest BCUT2D eigenvalue weighted by Crippen LogP contribution is 2.20. The van der Waals surface area contributed by atoms with Crippen LogP contribution in [0.1, 0.15) is 17.3 Å². The van der Waals surface area contributed by atoms with Gasteiger partial charge in [-0.3, -0.25) is 14.4 Å². The molecule has 1 aromatic carbocycles. The average Bonchev–Trinajstić information content (AvgIpc) is 2.46. The Morgan fingerprint density at radius 2 is 1.80 bits per heavy atom. The van der Waals surface area contributed by atoms with Crippen LogP contribution >= 0.6 is 0 Å². The van der Waals surface area contributed by atoms with Gasteiger partial charge in [-0.25, -0.2) is 0 Å². The van der Waals surface area contributed by atoms with Crippen molar-refractivity contribution in [2.24, 2.45) is 0 Å². The maximum atomic E-state index is 12.4. The largest absolute Gasteiger partial charge is 0.426 e. The van der Waals surface area contributed by atoms with Crippen molar-refractivity contribution in [2.45, 2.75) is 6.92 Å². The normalized spacial score (nSPS) is 14.8. The van der Waals surface area contributed by atoms with E-state index < -0.39 is 5.97 Å². The number of carbonyl (C=O) groups is 3. The van der Waals surface area contributed by atoms with Gasteiger partial charge in [-0.1, -0.05) is 12.1 Å². The lowest BCUT2D eigenvalue weighted by Crippen LogP contribution is -2.48. The molecule has 0 aliphatic carbocycles. The van der Waals surface area contributed by atoms with Gasteiger partial charge in [0.15, 0.2) is 0 Å². The number of benzene rings is 1. The molecule has 1 aliphatic rings. The molecule has 2 amide bonds. The number of hydrogen-bond donors (Lipinski definition) is 0. The van der Waals surface area contributed by atoms with Gasteiger partial charge in [0.05, 0.1) is 5.56 Å². The molecule has 1 fully saturated rings. The van der Waals surface area contributed by atoms with Crippen LogP contribution in [-0.2, 0) is 9.59 Å². The zero-order chi connectivity index (χ0) is 14.5. The Morgan fingerprint density at radius 3 is 2.40 bits per heavy atom. The van der Waals surface area contributed by atoms with E-state index in [2.05, 4.69) is 0 Å². The lowest BCUT2D eigenvalue weighted by atomic mass is 10.1. The van der Waals surface area contributed by atoms with Crippen LogP contribution in [0, 0.1) is 0 Å². The number of ether oxygens (including phenoxy) is 1. The molecule has 0 atom stereocenters. The third kappa shape index (κ3) is 3.14. The van der Waals surface area contributed by atoms with E-state index in [0.717, 1.165) is 6.41 Å². The number of nitrogens with zero attached hydrogens (tertiary/aromatic N) is 2. The van der Waals surface area contributed by atoms with Gasteiger partial charge in [0, 0.05) is 33.1 Å². The second kappa shape index (κ2) is 6.18. The van der Waals surface area contributed by atoms with Crippen LogP contribution in [0.25, 0.3) is 0 Å². The minimum atomic E-state index is -0.462. The molecule has 0 bridgehead atoms. The first-order valence-corrected chi connectivity index (χ1v) is 6.38. The zero-order valence-electron chi connectivity index (χ0n) is 11.2. The van der Waals surface area contributed by atoms with Crippen molar-refractivity contribution in [1.29, 1.82) is 0 Å². The molecule has 1 aliphatic heterocycles. The molecule has 0 aromatic heterocycles. The SMILES string of the molecule is CC(=O)Oc1ccccc1C(=O)N1CCN(C=O)CC1. The summed E-state index contributed by atoms with van der Waals surface area (Å²) < 4.78 is 5.05. The first kappa shape index (κ1) is 14.0. The molecule has 0 radical (unpaired) electrons. The molecule has 0 spiro atoms. The summed E-state index contributed by atoms with van der Waals surface area (Å²) in [5.74, 6) is -0.383. The number of para-hydroxylation sites is 1. The van der Waals surface area contributed by atoms with Crippen LogP contribution in [0.4, 0.5) is 0 Å². The van der Waals surface area contributed by atoms with Crippen molar-refractivity contribution in [3.63, 3.8) is 0 Å². The Hall–Kier alpha value is -2.37. The standard InChI is InChI=1S/C14H16N2O4/c1-11(18)20-13-5-3-2-4-12(13)14(19)16-8-6-15(10-17)7-9-16/h2-5,10H,6-9H2,1H3. The summed E-state index contributed by atoms with van der Waals surface area (Å²) in [7, 11) is 0. The number of piperazine rings is 1. The summed E-state index contributed by atoms with van der Waals surface area (Å²) in [6, 6.07) is 6.66. The van der Waals surface area contributed by atoms with Crippen molar-refractivity contribution in [2.75, 3.05) is 26.2 Å². The Balaban J connectivity index is 2.13. The molecular weight excluding hydrogens is 260 g/mol. The predicted octanol–water partition coefficient (Wildman–Crippen LogP) is 0.526. The molecule has 0 N–H and O–H groups in total. The fraction of sp³-hybridized carbons (Fsp3) is 0.357. The first-order valence-electron chi connectivity index (χ1n) is 6.38. The minimum Gasteiger partial charge on any atom is -0.426 e. The van der Waals surface area contributed by atoms with Gasteiger partial charge >= 0.3 is 5.97 Å². The van der Waals surface area contributed by atoms with Gasteiger partial charge < -0.3 is 14.5 Å². The number of esters is 1. The monoisotopic (exact) mass is 276 g/mol. The lowest BCUT2D eigenvalue weighted by molar-refractivity contribution is -0.131. The molecule has 6 nitrogen and oxygen atoms in total. The highest BCUT2D eigenvalue weighted by atomic mass is 16.5. The second-order valence-electron chi connectivity index (χ2n) is 4.52. The molecule has 20 heavy (non-hydrogen) atoms. The van der Waals surface area contributed by atoms with E-state index >= 15 is 0 Å². The van der Waals surface area contributed by atoms with Crippen LogP contribution < -0.4 is 4.74 Å². The summed E-state index contributed by atoms with van der Waals surface area (Å²) in [5, 5.41) is 0. The molecule has 0 saturated carbocycles. The van der Waals surface area contributed by atoms with E-state index in [4.69, 9.17) is 4.74 Å². The van der Waals surface area contributed by atoms with Crippen LogP contribution in [0.15, 0.2) is 24.3 Å². The third-order valence-corrected chi connectivity index (χ3v) is 3.12. The summed E-state index contributed by atoms with van der Waals surface area (Å²) in [6.45, 7) is 3.29. The van der Waals surface area contributed by atoms with E-state index in [1.54, 1.807) is 34.1 Å². The highest BCUT2D eigenvalue weighted by Gasteiger charge is 2.23. The maximum Gasteiger partial charge on any atom is 0.308 e. The smallest absolute Gasteiger partial charge is 0.308 e. The topological polar surface area (TPSA) is 66.9 Å². The lowest BCUT2D eigenvalue weighted by Gasteiger charge is -2.32. The van der Waals surface area contributed by atoms with E-state index in [1.807, 2.05) is 0 Å².